The Kier molecular flexibility index (Phi) is 2.57. The number of hydrogen-bond donors (Lipinski definition) is 3. The van der Waals surface area contributed by atoms with Crippen LogP contribution in [0.15, 0.2) is 15.3 Å². The molecule has 1 saturated carbocycles. The number of nitrogens with zero attached hydrogens (tertiary/aromatic N) is 1. The van der Waals surface area contributed by atoms with Gasteiger partial charge in [0.25, 0.3) is 10.0 Å². The number of hydrogen-bond acceptors (Lipinski definition) is 5. The number of halogens is 1. The number of aliphatic carboxylic acids is 1. The third-order valence-corrected chi connectivity index (χ3v) is 5.98. The number of carbonyl (C=O) groups is 1. The van der Waals surface area contributed by atoms with E-state index in [2.05, 4.69) is 15.0 Å². The molecule has 2 heterocycles. The molecule has 0 spiro atoms. The van der Waals surface area contributed by atoms with Crippen molar-refractivity contribution in [1.29, 1.82) is 0 Å². The minimum Gasteiger partial charge on any atom is -0.479 e. The van der Waals surface area contributed by atoms with Gasteiger partial charge in [-0.3, -0.25) is 0 Å². The van der Waals surface area contributed by atoms with Gasteiger partial charge < -0.3 is 10.4 Å². The van der Waals surface area contributed by atoms with Gasteiger partial charge in [0.2, 0.25) is 5.96 Å². The van der Waals surface area contributed by atoms with Crippen molar-refractivity contribution in [2.75, 3.05) is 5.32 Å². The van der Waals surface area contributed by atoms with Crippen LogP contribution in [0.25, 0.3) is 0 Å². The van der Waals surface area contributed by atoms with E-state index in [0.29, 0.717) is 22.9 Å². The fourth-order valence-electron chi connectivity index (χ4n) is 1.72. The fourth-order valence-corrected chi connectivity index (χ4v) is 4.44. The molecule has 102 valence electrons. The molecule has 0 unspecified atom stereocenters. The monoisotopic (exact) mass is 321 g/mol. The lowest BCUT2D eigenvalue weighted by molar-refractivity contribution is -0.139. The van der Waals surface area contributed by atoms with Crippen molar-refractivity contribution in [1.82, 2.24) is 4.72 Å². The lowest BCUT2D eigenvalue weighted by atomic mass is 10.3. The first-order chi connectivity index (χ1) is 8.82. The van der Waals surface area contributed by atoms with Gasteiger partial charge in [-0.15, -0.1) is 11.3 Å². The Hall–Kier alpha value is -1.32. The molecule has 19 heavy (non-hydrogen) atoms. The lowest BCUT2D eigenvalue weighted by Gasteiger charge is -2.19. The largest absolute Gasteiger partial charge is 0.479 e. The predicted molar refractivity (Wildman–Crippen MR) is 70.3 cm³/mol. The number of nitrogens with one attached hydrogen (secondary N) is 2. The standard InChI is InChI=1S/C9H8ClN3O4S2/c10-5-3-4-6(18-5)19(16,17)13-8(11-4)12-9(1-2-9)7(14)15/h3H,1-2H2,(H,14,15)(H2,11,12,13). The summed E-state index contributed by atoms with van der Waals surface area (Å²) in [5.74, 6) is -1.14. The van der Waals surface area contributed by atoms with E-state index >= 15 is 0 Å². The molecule has 10 heteroatoms. The molecule has 0 atom stereocenters. The smallest absolute Gasteiger partial charge is 0.331 e. The highest BCUT2D eigenvalue weighted by Crippen LogP contribution is 2.41. The first-order valence-electron chi connectivity index (χ1n) is 5.25. The number of guanidine groups is 1. The Labute approximate surface area is 117 Å². The Morgan fingerprint density at radius 3 is 2.79 bits per heavy atom. The maximum Gasteiger partial charge on any atom is 0.331 e. The van der Waals surface area contributed by atoms with Gasteiger partial charge in [-0.1, -0.05) is 11.6 Å². The van der Waals surface area contributed by atoms with Crippen LogP contribution in [0.2, 0.25) is 4.34 Å². The van der Waals surface area contributed by atoms with E-state index in [0.717, 1.165) is 11.3 Å². The van der Waals surface area contributed by atoms with Gasteiger partial charge in [0.05, 0.1) is 10.0 Å². The summed E-state index contributed by atoms with van der Waals surface area (Å²) in [5, 5.41) is 11.8. The van der Waals surface area contributed by atoms with Crippen molar-refractivity contribution in [3.8, 4) is 0 Å². The van der Waals surface area contributed by atoms with E-state index in [1.165, 1.54) is 6.07 Å². The second-order valence-electron chi connectivity index (χ2n) is 4.28. The quantitative estimate of drug-likeness (QED) is 0.755. The number of carboxylic acids is 1. The van der Waals surface area contributed by atoms with E-state index in [4.69, 9.17) is 16.7 Å². The number of fused-ring (bicyclic) bond motifs is 1. The van der Waals surface area contributed by atoms with Gasteiger partial charge in [-0.25, -0.2) is 22.9 Å². The number of sulfonamides is 1. The Balaban J connectivity index is 2.02. The molecule has 0 bridgehead atoms. The van der Waals surface area contributed by atoms with Crippen LogP contribution in [0.1, 0.15) is 12.8 Å². The molecule has 1 aromatic rings. The van der Waals surface area contributed by atoms with E-state index in [1.54, 1.807) is 0 Å². The Bertz CT molecular complexity index is 705. The maximum absolute atomic E-state index is 11.9. The molecule has 3 rings (SSSR count). The lowest BCUT2D eigenvalue weighted by Crippen LogP contribution is -2.41. The summed E-state index contributed by atoms with van der Waals surface area (Å²) in [4.78, 5) is 15.0. The number of aliphatic imine (C=N–C) groups is 1. The molecule has 0 saturated heterocycles. The highest BCUT2D eigenvalue weighted by atomic mass is 35.5. The summed E-state index contributed by atoms with van der Waals surface area (Å²) in [5.41, 5.74) is -0.893. The van der Waals surface area contributed by atoms with Gasteiger partial charge in [-0.2, -0.15) is 0 Å². The number of carboxylic acid groups (broad SMARTS) is 1. The first-order valence-corrected chi connectivity index (χ1v) is 7.93. The van der Waals surface area contributed by atoms with Crippen LogP contribution in [0.5, 0.6) is 0 Å². The van der Waals surface area contributed by atoms with Crippen molar-refractivity contribution in [3.63, 3.8) is 0 Å². The highest BCUT2D eigenvalue weighted by Gasteiger charge is 2.51. The highest BCUT2D eigenvalue weighted by molar-refractivity contribution is 7.92. The molecule has 1 fully saturated rings. The zero-order valence-corrected chi connectivity index (χ0v) is 11.7. The zero-order chi connectivity index (χ0) is 13.8. The molecule has 1 aliphatic heterocycles. The zero-order valence-electron chi connectivity index (χ0n) is 9.31. The second kappa shape index (κ2) is 3.84. The van der Waals surface area contributed by atoms with Gasteiger partial charge in [0, 0.05) is 0 Å². The second-order valence-corrected chi connectivity index (χ2v) is 7.84. The number of anilines is 1. The van der Waals surface area contributed by atoms with Gasteiger partial charge >= 0.3 is 5.97 Å². The van der Waals surface area contributed by atoms with Crippen LogP contribution in [0.3, 0.4) is 0 Å². The average Bonchev–Trinajstić information content (AvgIpc) is 2.94. The maximum atomic E-state index is 11.9. The third kappa shape index (κ3) is 2.07. The molecule has 1 aliphatic carbocycles. The van der Waals surface area contributed by atoms with Gasteiger partial charge in [0.1, 0.15) is 0 Å². The Morgan fingerprint density at radius 1 is 1.53 bits per heavy atom. The van der Waals surface area contributed by atoms with Crippen molar-refractivity contribution in [2.45, 2.75) is 22.6 Å². The van der Waals surface area contributed by atoms with Crippen molar-refractivity contribution in [2.24, 2.45) is 4.99 Å². The predicted octanol–water partition coefficient (Wildman–Crippen LogP) is 1.08. The van der Waals surface area contributed by atoms with Crippen molar-refractivity contribution >= 4 is 50.6 Å². The van der Waals surface area contributed by atoms with E-state index in [-0.39, 0.29) is 10.2 Å². The van der Waals surface area contributed by atoms with E-state index in [9.17, 15) is 13.2 Å². The molecule has 0 amide bonds. The van der Waals surface area contributed by atoms with Crippen LogP contribution in [0.4, 0.5) is 5.69 Å². The van der Waals surface area contributed by atoms with Gasteiger partial charge in [-0.05, 0) is 18.9 Å². The molecular weight excluding hydrogens is 314 g/mol. The summed E-state index contributed by atoms with van der Waals surface area (Å²) in [6.07, 6.45) is 0.791. The average molecular weight is 322 g/mol. The summed E-state index contributed by atoms with van der Waals surface area (Å²) in [6, 6.07) is 1.47. The minimum absolute atomic E-state index is 0.0663. The molecule has 2 aliphatic rings. The van der Waals surface area contributed by atoms with Crippen LogP contribution < -0.4 is 10.0 Å². The molecular formula is C9H8ClN3O4S2. The Morgan fingerprint density at radius 2 is 2.21 bits per heavy atom. The summed E-state index contributed by atoms with van der Waals surface area (Å²) >= 11 is 6.69. The fraction of sp³-hybridized carbons (Fsp3) is 0.333. The summed E-state index contributed by atoms with van der Waals surface area (Å²) in [6.45, 7) is 0. The minimum atomic E-state index is -3.74. The molecule has 3 N–H and O–H groups in total. The molecule has 7 nitrogen and oxygen atoms in total. The van der Waals surface area contributed by atoms with E-state index < -0.39 is 21.5 Å². The van der Waals surface area contributed by atoms with Crippen LogP contribution in [-0.4, -0.2) is 31.0 Å². The first kappa shape index (κ1) is 12.7. The van der Waals surface area contributed by atoms with Crippen LogP contribution in [-0.2, 0) is 14.8 Å². The molecule has 0 radical (unpaired) electrons. The van der Waals surface area contributed by atoms with Gasteiger partial charge in [0.15, 0.2) is 9.75 Å². The van der Waals surface area contributed by atoms with E-state index in [1.807, 2.05) is 0 Å². The number of thiophene rings is 1. The third-order valence-electron chi connectivity index (χ3n) is 2.84. The van der Waals surface area contributed by atoms with Crippen molar-refractivity contribution in [3.05, 3.63) is 10.4 Å². The normalized spacial score (nSPS) is 24.2. The molecule has 0 aromatic carbocycles. The number of rotatable bonds is 2. The topological polar surface area (TPSA) is 108 Å². The SMILES string of the molecule is O=C(O)C1(N=C2Nc3cc(Cl)sc3S(=O)(=O)N2)CC1. The summed E-state index contributed by atoms with van der Waals surface area (Å²) < 4.78 is 26.5. The van der Waals surface area contributed by atoms with Crippen LogP contribution in [0, 0.1) is 0 Å². The van der Waals surface area contributed by atoms with Crippen LogP contribution >= 0.6 is 22.9 Å². The summed E-state index contributed by atoms with van der Waals surface area (Å²) in [7, 11) is -3.74. The van der Waals surface area contributed by atoms with Crippen molar-refractivity contribution < 1.29 is 18.3 Å². The molecule has 1 aromatic heterocycles.